The van der Waals surface area contributed by atoms with Crippen molar-refractivity contribution in [2.24, 2.45) is 0 Å². The first-order chi connectivity index (χ1) is 4.29. The summed E-state index contributed by atoms with van der Waals surface area (Å²) in [5.74, 6) is -0.969. The maximum Gasteiger partial charge on any atom is 1.00 e. The SMILES string of the molecule is O=C([O-])CCNC1CC1.[Na+]. The van der Waals surface area contributed by atoms with E-state index in [1.807, 2.05) is 0 Å². The molecule has 1 N–H and O–H groups in total. The summed E-state index contributed by atoms with van der Waals surface area (Å²) in [5.41, 5.74) is 0. The van der Waals surface area contributed by atoms with E-state index in [1.54, 1.807) is 0 Å². The number of nitrogens with one attached hydrogen (secondary N) is 1. The molecular weight excluding hydrogens is 141 g/mol. The van der Waals surface area contributed by atoms with Gasteiger partial charge in [-0.1, -0.05) is 0 Å². The van der Waals surface area contributed by atoms with E-state index in [2.05, 4.69) is 5.32 Å². The number of carboxylic acids is 1. The molecule has 0 aromatic heterocycles. The molecule has 0 aromatic rings. The van der Waals surface area contributed by atoms with Crippen LogP contribution in [-0.4, -0.2) is 18.6 Å². The molecule has 1 aliphatic carbocycles. The molecule has 0 aromatic carbocycles. The van der Waals surface area contributed by atoms with E-state index >= 15 is 0 Å². The Balaban J connectivity index is 0.000000810. The van der Waals surface area contributed by atoms with Crippen LogP contribution in [0.3, 0.4) is 0 Å². The molecular formula is C6H10NNaO2. The molecule has 52 valence electrons. The number of carbonyl (C=O) groups is 1. The van der Waals surface area contributed by atoms with Crippen molar-refractivity contribution >= 4 is 5.97 Å². The topological polar surface area (TPSA) is 52.2 Å². The quantitative estimate of drug-likeness (QED) is 0.415. The first kappa shape index (κ1) is 10.4. The second kappa shape index (κ2) is 5.13. The Morgan fingerprint density at radius 3 is 2.60 bits per heavy atom. The average Bonchev–Trinajstić information content (AvgIpc) is 2.48. The minimum absolute atomic E-state index is 0. The Bertz CT molecular complexity index is 114. The predicted molar refractivity (Wildman–Crippen MR) is 30.6 cm³/mol. The second-order valence-electron chi connectivity index (χ2n) is 2.35. The van der Waals surface area contributed by atoms with Gasteiger partial charge in [0.1, 0.15) is 0 Å². The van der Waals surface area contributed by atoms with Crippen molar-refractivity contribution in [3.8, 4) is 0 Å². The summed E-state index contributed by atoms with van der Waals surface area (Å²) in [4.78, 5) is 9.85. The third-order valence-corrected chi connectivity index (χ3v) is 1.34. The van der Waals surface area contributed by atoms with Crippen LogP contribution in [0.2, 0.25) is 0 Å². The van der Waals surface area contributed by atoms with Gasteiger partial charge in [0, 0.05) is 18.6 Å². The summed E-state index contributed by atoms with van der Waals surface area (Å²) in [5, 5.41) is 12.9. The van der Waals surface area contributed by atoms with Crippen molar-refractivity contribution in [2.75, 3.05) is 6.54 Å². The average molecular weight is 151 g/mol. The van der Waals surface area contributed by atoms with Gasteiger partial charge in [-0.3, -0.25) is 0 Å². The van der Waals surface area contributed by atoms with Gasteiger partial charge >= 0.3 is 29.6 Å². The van der Waals surface area contributed by atoms with Crippen LogP contribution < -0.4 is 40.0 Å². The van der Waals surface area contributed by atoms with Crippen LogP contribution in [0.4, 0.5) is 0 Å². The van der Waals surface area contributed by atoms with Gasteiger partial charge in [0.25, 0.3) is 0 Å². The monoisotopic (exact) mass is 151 g/mol. The van der Waals surface area contributed by atoms with Crippen LogP contribution in [0.25, 0.3) is 0 Å². The summed E-state index contributed by atoms with van der Waals surface area (Å²) >= 11 is 0. The van der Waals surface area contributed by atoms with E-state index < -0.39 is 5.97 Å². The molecule has 0 heterocycles. The van der Waals surface area contributed by atoms with E-state index in [0.29, 0.717) is 12.6 Å². The Hall–Kier alpha value is 0.430. The van der Waals surface area contributed by atoms with Gasteiger partial charge in [0.15, 0.2) is 0 Å². The summed E-state index contributed by atoms with van der Waals surface area (Å²) in [7, 11) is 0. The molecule has 1 saturated carbocycles. The first-order valence-electron chi connectivity index (χ1n) is 3.22. The van der Waals surface area contributed by atoms with Crippen LogP contribution in [0.5, 0.6) is 0 Å². The molecule has 1 fully saturated rings. The molecule has 1 aliphatic rings. The fourth-order valence-electron chi connectivity index (χ4n) is 0.666. The van der Waals surface area contributed by atoms with Crippen molar-refractivity contribution < 1.29 is 39.5 Å². The molecule has 0 unspecified atom stereocenters. The van der Waals surface area contributed by atoms with Gasteiger partial charge in [0.05, 0.1) is 0 Å². The van der Waals surface area contributed by atoms with Crippen molar-refractivity contribution in [1.29, 1.82) is 0 Å². The number of carboxylic acid groups (broad SMARTS) is 1. The Morgan fingerprint density at radius 1 is 1.60 bits per heavy atom. The number of aliphatic carboxylic acids is 1. The normalized spacial score (nSPS) is 16.0. The van der Waals surface area contributed by atoms with Crippen molar-refractivity contribution in [3.63, 3.8) is 0 Å². The Kier molecular flexibility index (Phi) is 5.35. The van der Waals surface area contributed by atoms with Gasteiger partial charge in [-0.25, -0.2) is 0 Å². The Morgan fingerprint density at radius 2 is 2.20 bits per heavy atom. The van der Waals surface area contributed by atoms with Crippen LogP contribution in [-0.2, 0) is 4.79 Å². The molecule has 1 rings (SSSR count). The summed E-state index contributed by atoms with van der Waals surface area (Å²) in [6.07, 6.45) is 2.54. The zero-order chi connectivity index (χ0) is 6.69. The molecule has 0 atom stereocenters. The maximum absolute atomic E-state index is 9.85. The third kappa shape index (κ3) is 5.23. The van der Waals surface area contributed by atoms with Crippen molar-refractivity contribution in [2.45, 2.75) is 25.3 Å². The number of carbonyl (C=O) groups excluding carboxylic acids is 1. The zero-order valence-electron chi connectivity index (χ0n) is 6.22. The molecule has 0 amide bonds. The van der Waals surface area contributed by atoms with Gasteiger partial charge in [-0.2, -0.15) is 0 Å². The van der Waals surface area contributed by atoms with Crippen LogP contribution in [0, 0.1) is 0 Å². The van der Waals surface area contributed by atoms with Crippen LogP contribution in [0.15, 0.2) is 0 Å². The Labute approximate surface area is 82.5 Å². The fraction of sp³-hybridized carbons (Fsp3) is 0.833. The predicted octanol–water partition coefficient (Wildman–Crippen LogP) is -4.12. The number of rotatable bonds is 4. The summed E-state index contributed by atoms with van der Waals surface area (Å²) < 4.78 is 0. The number of hydrogen-bond donors (Lipinski definition) is 1. The molecule has 0 spiro atoms. The smallest absolute Gasteiger partial charge is 0.550 e. The molecule has 0 bridgehead atoms. The van der Waals surface area contributed by atoms with Gasteiger partial charge in [0.2, 0.25) is 0 Å². The van der Waals surface area contributed by atoms with E-state index in [4.69, 9.17) is 0 Å². The van der Waals surface area contributed by atoms with E-state index in [9.17, 15) is 9.90 Å². The molecule has 3 nitrogen and oxygen atoms in total. The van der Waals surface area contributed by atoms with Crippen molar-refractivity contribution in [3.05, 3.63) is 0 Å². The minimum Gasteiger partial charge on any atom is -0.550 e. The van der Waals surface area contributed by atoms with Gasteiger partial charge in [-0.15, -0.1) is 0 Å². The molecule has 0 radical (unpaired) electrons. The third-order valence-electron chi connectivity index (χ3n) is 1.34. The fourth-order valence-corrected chi connectivity index (χ4v) is 0.666. The second-order valence-corrected chi connectivity index (χ2v) is 2.35. The van der Waals surface area contributed by atoms with Gasteiger partial charge < -0.3 is 15.2 Å². The molecule has 4 heteroatoms. The van der Waals surface area contributed by atoms with E-state index in [1.165, 1.54) is 12.8 Å². The molecule has 10 heavy (non-hydrogen) atoms. The standard InChI is InChI=1S/C6H11NO2.Na/c8-6(9)3-4-7-5-1-2-5;/h5,7H,1-4H2,(H,8,9);/q;+1/p-1. The van der Waals surface area contributed by atoms with Crippen molar-refractivity contribution in [1.82, 2.24) is 5.32 Å². The van der Waals surface area contributed by atoms with Crippen LogP contribution in [0.1, 0.15) is 19.3 Å². The largest absolute Gasteiger partial charge is 1.00 e. The van der Waals surface area contributed by atoms with Crippen LogP contribution >= 0.6 is 0 Å². The zero-order valence-corrected chi connectivity index (χ0v) is 8.22. The first-order valence-corrected chi connectivity index (χ1v) is 3.22. The maximum atomic E-state index is 9.85. The van der Waals surface area contributed by atoms with Gasteiger partial charge in [-0.05, 0) is 19.3 Å². The van der Waals surface area contributed by atoms with E-state index in [0.717, 1.165) is 0 Å². The molecule has 0 aliphatic heterocycles. The minimum atomic E-state index is -0.969. The number of hydrogen-bond acceptors (Lipinski definition) is 3. The summed E-state index contributed by atoms with van der Waals surface area (Å²) in [6.45, 7) is 0.562. The summed E-state index contributed by atoms with van der Waals surface area (Å²) in [6, 6.07) is 0.601. The van der Waals surface area contributed by atoms with E-state index in [-0.39, 0.29) is 36.0 Å². The molecule has 0 saturated heterocycles.